The van der Waals surface area contributed by atoms with E-state index in [1.165, 1.54) is 6.07 Å². The largest absolute Gasteiger partial charge is 0.490 e. The third-order valence-corrected chi connectivity index (χ3v) is 4.84. The van der Waals surface area contributed by atoms with Crippen LogP contribution in [0.15, 0.2) is 18.2 Å². The van der Waals surface area contributed by atoms with Crippen molar-refractivity contribution >= 4 is 17.6 Å². The lowest BCUT2D eigenvalue weighted by molar-refractivity contribution is -0.192. The summed E-state index contributed by atoms with van der Waals surface area (Å²) in [5.41, 5.74) is 0.885. The Hall–Kier alpha value is -1.42. The predicted molar refractivity (Wildman–Crippen MR) is 89.1 cm³/mol. The van der Waals surface area contributed by atoms with Crippen LogP contribution in [0.2, 0.25) is 5.02 Å². The molecular formula is C17H20ClF4NO4. The Bertz CT molecular complexity index is 673. The minimum absolute atomic E-state index is 0.0638. The molecule has 27 heavy (non-hydrogen) atoms. The molecule has 1 aromatic carbocycles. The number of rotatable bonds is 3. The average Bonchev–Trinajstić information content (AvgIpc) is 3.17. The fourth-order valence-corrected chi connectivity index (χ4v) is 3.31. The van der Waals surface area contributed by atoms with Gasteiger partial charge in [0.05, 0.1) is 23.3 Å². The van der Waals surface area contributed by atoms with Gasteiger partial charge in [-0.15, -0.1) is 0 Å². The fraction of sp³-hybridized carbons (Fsp3) is 0.588. The number of carboxylic acid groups (broad SMARTS) is 1. The Morgan fingerprint density at radius 1 is 1.48 bits per heavy atom. The van der Waals surface area contributed by atoms with Crippen molar-refractivity contribution in [3.63, 3.8) is 0 Å². The number of alkyl halides is 3. The smallest absolute Gasteiger partial charge is 0.475 e. The highest BCUT2D eigenvalue weighted by atomic mass is 35.5. The van der Waals surface area contributed by atoms with Gasteiger partial charge in [-0.2, -0.15) is 13.2 Å². The molecule has 1 spiro atoms. The molecule has 2 saturated heterocycles. The molecule has 0 aromatic heterocycles. The first kappa shape index (κ1) is 21.9. The van der Waals surface area contributed by atoms with Crippen molar-refractivity contribution in [3.05, 3.63) is 34.6 Å². The SMILES string of the molecule is CO[C@@H]1CO[C@@]2(CCN(Cc3ccc(Cl)c(F)c3)C2)C1.O=C(O)C(F)(F)F. The molecule has 2 atom stereocenters. The van der Waals surface area contributed by atoms with Gasteiger partial charge in [0.2, 0.25) is 0 Å². The van der Waals surface area contributed by atoms with Crippen LogP contribution in [0.25, 0.3) is 0 Å². The highest BCUT2D eigenvalue weighted by molar-refractivity contribution is 6.30. The summed E-state index contributed by atoms with van der Waals surface area (Å²) in [7, 11) is 1.73. The van der Waals surface area contributed by atoms with Gasteiger partial charge in [0.1, 0.15) is 5.82 Å². The highest BCUT2D eigenvalue weighted by Crippen LogP contribution is 2.36. The number of benzene rings is 1. The van der Waals surface area contributed by atoms with Crippen molar-refractivity contribution in [1.82, 2.24) is 4.90 Å². The molecule has 0 unspecified atom stereocenters. The van der Waals surface area contributed by atoms with Gasteiger partial charge in [0, 0.05) is 33.2 Å². The molecule has 0 saturated carbocycles. The predicted octanol–water partition coefficient (Wildman–Crippen LogP) is 3.49. The molecule has 152 valence electrons. The number of hydrogen-bond acceptors (Lipinski definition) is 4. The van der Waals surface area contributed by atoms with Crippen LogP contribution in [0, 0.1) is 5.82 Å². The number of hydrogen-bond donors (Lipinski definition) is 1. The summed E-state index contributed by atoms with van der Waals surface area (Å²) in [6, 6.07) is 5.01. The van der Waals surface area contributed by atoms with Crippen LogP contribution >= 0.6 is 11.6 Å². The molecule has 2 aliphatic rings. The number of halogens is 5. The van der Waals surface area contributed by atoms with Crippen molar-refractivity contribution in [3.8, 4) is 0 Å². The quantitative estimate of drug-likeness (QED) is 0.769. The van der Waals surface area contributed by atoms with Crippen LogP contribution in [0.5, 0.6) is 0 Å². The van der Waals surface area contributed by atoms with Crippen molar-refractivity contribution in [2.75, 3.05) is 26.8 Å². The standard InChI is InChI=1S/C15H19ClFNO2.C2HF3O2/c1-19-12-7-15(20-9-12)4-5-18(10-15)8-11-2-3-13(16)14(17)6-11;3-2(4,5)1(6)7/h2-3,6,12H,4-5,7-10H2,1H3;(H,6,7)/t12-,15-;/m0./s1. The first-order chi connectivity index (χ1) is 12.5. The average molecular weight is 414 g/mol. The normalized spacial score (nSPS) is 25.5. The Morgan fingerprint density at radius 2 is 2.15 bits per heavy atom. The molecule has 2 heterocycles. The number of nitrogens with zero attached hydrogens (tertiary/aromatic N) is 1. The van der Waals surface area contributed by atoms with E-state index in [4.69, 9.17) is 31.0 Å². The summed E-state index contributed by atoms with van der Waals surface area (Å²) in [6.45, 7) is 3.27. The first-order valence-corrected chi connectivity index (χ1v) is 8.55. The van der Waals surface area contributed by atoms with E-state index in [0.717, 1.165) is 38.0 Å². The number of carbonyl (C=O) groups is 1. The zero-order valence-corrected chi connectivity index (χ0v) is 15.3. The lowest BCUT2D eigenvalue weighted by Gasteiger charge is -2.23. The van der Waals surface area contributed by atoms with Crippen LogP contribution < -0.4 is 0 Å². The monoisotopic (exact) mass is 413 g/mol. The van der Waals surface area contributed by atoms with Gasteiger partial charge in [0.15, 0.2) is 0 Å². The maximum absolute atomic E-state index is 13.5. The summed E-state index contributed by atoms with van der Waals surface area (Å²) >= 11 is 5.71. The molecular weight excluding hydrogens is 394 g/mol. The van der Waals surface area contributed by atoms with Crippen molar-refractivity contribution < 1.29 is 36.9 Å². The van der Waals surface area contributed by atoms with Crippen molar-refractivity contribution in [2.45, 2.75) is 37.3 Å². The Labute approximate surface area is 158 Å². The summed E-state index contributed by atoms with van der Waals surface area (Å²) in [5, 5.41) is 7.30. The highest BCUT2D eigenvalue weighted by Gasteiger charge is 2.45. The molecule has 2 aliphatic heterocycles. The van der Waals surface area contributed by atoms with Gasteiger partial charge in [-0.3, -0.25) is 4.90 Å². The van der Waals surface area contributed by atoms with Gasteiger partial charge in [-0.1, -0.05) is 17.7 Å². The zero-order chi connectivity index (χ0) is 20.2. The van der Waals surface area contributed by atoms with E-state index < -0.39 is 12.1 Å². The van der Waals surface area contributed by atoms with Gasteiger partial charge in [-0.05, 0) is 24.1 Å². The molecule has 0 bridgehead atoms. The van der Waals surface area contributed by atoms with E-state index in [0.29, 0.717) is 6.61 Å². The van der Waals surface area contributed by atoms with E-state index in [9.17, 15) is 17.6 Å². The van der Waals surface area contributed by atoms with Gasteiger partial charge in [0.25, 0.3) is 0 Å². The number of aliphatic carboxylic acids is 1. The second-order valence-electron chi connectivity index (χ2n) is 6.57. The summed E-state index contributed by atoms with van der Waals surface area (Å²) in [5.74, 6) is -3.11. The second-order valence-corrected chi connectivity index (χ2v) is 6.98. The lowest BCUT2D eigenvalue weighted by atomic mass is 9.98. The van der Waals surface area contributed by atoms with E-state index >= 15 is 0 Å². The summed E-state index contributed by atoms with van der Waals surface area (Å²) in [6.07, 6.45) is -2.90. The van der Waals surface area contributed by atoms with Crippen LogP contribution in [0.4, 0.5) is 17.6 Å². The Balaban J connectivity index is 0.000000321. The molecule has 5 nitrogen and oxygen atoms in total. The minimum Gasteiger partial charge on any atom is -0.475 e. The number of likely N-dealkylation sites (tertiary alicyclic amines) is 1. The molecule has 3 rings (SSSR count). The Kier molecular flexibility index (Phi) is 7.07. The third-order valence-electron chi connectivity index (χ3n) is 4.54. The summed E-state index contributed by atoms with van der Waals surface area (Å²) in [4.78, 5) is 11.2. The third kappa shape index (κ3) is 6.03. The zero-order valence-electron chi connectivity index (χ0n) is 14.6. The van der Waals surface area contributed by atoms with E-state index in [2.05, 4.69) is 4.90 Å². The van der Waals surface area contributed by atoms with Gasteiger partial charge >= 0.3 is 12.1 Å². The molecule has 1 aromatic rings. The van der Waals surface area contributed by atoms with Crippen LogP contribution in [-0.4, -0.2) is 60.7 Å². The topological polar surface area (TPSA) is 59.0 Å². The summed E-state index contributed by atoms with van der Waals surface area (Å²) < 4.78 is 56.5. The van der Waals surface area contributed by atoms with Gasteiger partial charge < -0.3 is 14.6 Å². The number of carboxylic acids is 1. The molecule has 10 heteroatoms. The Morgan fingerprint density at radius 3 is 2.67 bits per heavy atom. The molecule has 0 amide bonds. The van der Waals surface area contributed by atoms with Crippen LogP contribution in [0.3, 0.4) is 0 Å². The molecule has 2 fully saturated rings. The van der Waals surface area contributed by atoms with Crippen LogP contribution in [-0.2, 0) is 20.8 Å². The van der Waals surface area contributed by atoms with E-state index in [-0.39, 0.29) is 22.5 Å². The molecule has 0 radical (unpaired) electrons. The van der Waals surface area contributed by atoms with E-state index in [1.807, 2.05) is 6.07 Å². The van der Waals surface area contributed by atoms with Gasteiger partial charge in [-0.25, -0.2) is 9.18 Å². The first-order valence-electron chi connectivity index (χ1n) is 8.18. The van der Waals surface area contributed by atoms with Crippen molar-refractivity contribution in [1.29, 1.82) is 0 Å². The number of methoxy groups -OCH3 is 1. The second kappa shape index (κ2) is 8.72. The van der Waals surface area contributed by atoms with Crippen molar-refractivity contribution in [2.24, 2.45) is 0 Å². The van der Waals surface area contributed by atoms with E-state index in [1.54, 1.807) is 13.2 Å². The maximum atomic E-state index is 13.5. The maximum Gasteiger partial charge on any atom is 0.490 e. The minimum atomic E-state index is -5.08. The fourth-order valence-electron chi connectivity index (χ4n) is 3.20. The molecule has 1 N–H and O–H groups in total. The number of ether oxygens (including phenoxy) is 2. The lowest BCUT2D eigenvalue weighted by Crippen LogP contribution is -2.32. The molecule has 0 aliphatic carbocycles. The van der Waals surface area contributed by atoms with Crippen LogP contribution in [0.1, 0.15) is 18.4 Å².